The molecule has 0 bridgehead atoms. The fourth-order valence-electron chi connectivity index (χ4n) is 2.77. The molecule has 0 amide bonds. The molecule has 2 unspecified atom stereocenters. The van der Waals surface area contributed by atoms with Gasteiger partial charge in [-0.05, 0) is 23.3 Å². The normalized spacial score (nSPS) is 13.0. The van der Waals surface area contributed by atoms with Gasteiger partial charge in [-0.25, -0.2) is 4.79 Å². The van der Waals surface area contributed by atoms with E-state index >= 15 is 0 Å². The van der Waals surface area contributed by atoms with Crippen LogP contribution in [0.25, 0.3) is 6.08 Å². The average molecular weight is 436 g/mol. The van der Waals surface area contributed by atoms with Crippen molar-refractivity contribution >= 4 is 23.2 Å². The van der Waals surface area contributed by atoms with Gasteiger partial charge in [0.25, 0.3) is 0 Å². The maximum Gasteiger partial charge on any atom is 0.337 e. The van der Waals surface area contributed by atoms with Gasteiger partial charge in [-0.1, -0.05) is 6.07 Å². The number of carboxylic acid groups (broad SMARTS) is 1. The molecule has 0 aliphatic heterocycles. The number of aliphatic hydroxyl groups excluding tert-OH is 1. The molecule has 2 aromatic rings. The van der Waals surface area contributed by atoms with E-state index in [2.05, 4.69) is 0 Å². The number of methoxy groups -OCH3 is 4. The van der Waals surface area contributed by atoms with Crippen molar-refractivity contribution in [1.29, 1.82) is 0 Å². The van der Waals surface area contributed by atoms with E-state index in [9.17, 15) is 14.5 Å². The summed E-state index contributed by atoms with van der Waals surface area (Å²) in [5, 5.41) is 20.4. The Bertz CT molecular complexity index is 887. The first-order chi connectivity index (χ1) is 14.3. The van der Waals surface area contributed by atoms with Gasteiger partial charge in [-0.3, -0.25) is 0 Å². The molecule has 0 radical (unpaired) electrons. The molecular formula is C21H24O8S. The summed E-state index contributed by atoms with van der Waals surface area (Å²) in [6.45, 7) is 0. The number of rotatable bonds is 10. The molecule has 8 nitrogen and oxygen atoms in total. The van der Waals surface area contributed by atoms with Gasteiger partial charge in [0.1, 0.15) is 34.2 Å². The number of carbonyl (C=O) groups is 1. The van der Waals surface area contributed by atoms with Gasteiger partial charge in [0.2, 0.25) is 0 Å². The third-order valence-corrected chi connectivity index (χ3v) is 5.33. The molecule has 0 spiro atoms. The van der Waals surface area contributed by atoms with Crippen LogP contribution in [0.15, 0.2) is 35.7 Å². The third kappa shape index (κ3) is 5.59. The summed E-state index contributed by atoms with van der Waals surface area (Å²) in [4.78, 5) is 11.1. The largest absolute Gasteiger partial charge is 0.612 e. The SMILES string of the molecule is COc1cc(OC)c(/C=C/[S+]([O-])Cc2ccc(OC)c(C(O)C(=O)O)c2)c(OC)c1. The lowest BCUT2D eigenvalue weighted by Crippen LogP contribution is -2.12. The van der Waals surface area contributed by atoms with E-state index in [4.69, 9.17) is 24.1 Å². The summed E-state index contributed by atoms with van der Waals surface area (Å²) in [5.74, 6) is 0.504. The number of ether oxygens (including phenoxy) is 4. The van der Waals surface area contributed by atoms with E-state index in [1.54, 1.807) is 24.3 Å². The van der Waals surface area contributed by atoms with Crippen molar-refractivity contribution in [3.63, 3.8) is 0 Å². The van der Waals surface area contributed by atoms with E-state index in [0.717, 1.165) is 0 Å². The van der Waals surface area contributed by atoms with Gasteiger partial charge in [0, 0.05) is 29.3 Å². The maximum absolute atomic E-state index is 12.6. The fourth-order valence-corrected chi connectivity index (χ4v) is 3.67. The lowest BCUT2D eigenvalue weighted by atomic mass is 10.1. The van der Waals surface area contributed by atoms with E-state index in [-0.39, 0.29) is 17.1 Å². The molecule has 9 heteroatoms. The maximum atomic E-state index is 12.6. The zero-order valence-electron chi connectivity index (χ0n) is 17.1. The van der Waals surface area contributed by atoms with Crippen LogP contribution in [0.2, 0.25) is 0 Å². The van der Waals surface area contributed by atoms with Gasteiger partial charge in [-0.2, -0.15) is 0 Å². The Hall–Kier alpha value is -2.88. The second kappa shape index (κ2) is 10.8. The minimum atomic E-state index is -1.74. The van der Waals surface area contributed by atoms with E-state index in [1.165, 1.54) is 46.0 Å². The van der Waals surface area contributed by atoms with Crippen molar-refractivity contribution in [2.24, 2.45) is 0 Å². The molecule has 0 saturated heterocycles. The molecule has 0 aliphatic carbocycles. The van der Waals surface area contributed by atoms with E-state index in [0.29, 0.717) is 28.4 Å². The van der Waals surface area contributed by atoms with Crippen molar-refractivity contribution in [2.45, 2.75) is 11.9 Å². The van der Waals surface area contributed by atoms with Crippen LogP contribution in [0.5, 0.6) is 23.0 Å². The smallest absolute Gasteiger partial charge is 0.337 e. The second-order valence-corrected chi connectivity index (χ2v) is 7.41. The summed E-state index contributed by atoms with van der Waals surface area (Å²) in [7, 11) is 5.93. The number of carboxylic acids is 1. The topological polar surface area (TPSA) is 118 Å². The van der Waals surface area contributed by atoms with Gasteiger partial charge >= 0.3 is 5.97 Å². The molecule has 0 aliphatic rings. The van der Waals surface area contributed by atoms with Crippen LogP contribution < -0.4 is 18.9 Å². The summed E-state index contributed by atoms with van der Waals surface area (Å²) >= 11 is -1.43. The van der Waals surface area contributed by atoms with Crippen LogP contribution in [0.3, 0.4) is 0 Å². The molecule has 2 N–H and O–H groups in total. The number of benzene rings is 2. The highest BCUT2D eigenvalue weighted by molar-refractivity contribution is 7.93. The van der Waals surface area contributed by atoms with Gasteiger partial charge in [-0.15, -0.1) is 0 Å². The Morgan fingerprint density at radius 2 is 1.63 bits per heavy atom. The summed E-state index contributed by atoms with van der Waals surface area (Å²) in [6, 6.07) is 8.05. The Morgan fingerprint density at radius 1 is 1.03 bits per heavy atom. The van der Waals surface area contributed by atoms with Gasteiger partial charge < -0.3 is 33.7 Å². The van der Waals surface area contributed by atoms with Crippen molar-refractivity contribution in [3.8, 4) is 23.0 Å². The quantitative estimate of drug-likeness (QED) is 0.546. The third-order valence-electron chi connectivity index (χ3n) is 4.27. The summed E-state index contributed by atoms with van der Waals surface area (Å²) in [5.41, 5.74) is 1.29. The molecule has 0 aromatic heterocycles. The zero-order chi connectivity index (χ0) is 22.3. The van der Waals surface area contributed by atoms with Crippen molar-refractivity contribution in [1.82, 2.24) is 0 Å². The summed E-state index contributed by atoms with van der Waals surface area (Å²) < 4.78 is 33.6. The standard InChI is InChI=1S/C21H24O8S/c1-26-14-10-18(28-3)15(19(11-14)29-4)7-8-30(25)12-13-5-6-17(27-2)16(9-13)20(22)21(23)24/h5-11,20,22H,12H2,1-4H3,(H,23,24)/b8-7+. The number of aliphatic hydroxyl groups is 1. The van der Waals surface area contributed by atoms with Crippen molar-refractivity contribution in [2.75, 3.05) is 28.4 Å². The predicted molar refractivity (Wildman–Crippen MR) is 113 cm³/mol. The van der Waals surface area contributed by atoms with Crippen LogP contribution in [0, 0.1) is 0 Å². The lowest BCUT2D eigenvalue weighted by Gasteiger charge is -2.14. The molecule has 2 atom stereocenters. The van der Waals surface area contributed by atoms with Crippen molar-refractivity contribution < 1.29 is 38.5 Å². The Kier molecular flexibility index (Phi) is 8.40. The highest BCUT2D eigenvalue weighted by Gasteiger charge is 2.21. The summed E-state index contributed by atoms with van der Waals surface area (Å²) in [6.07, 6.45) is -0.110. The molecule has 2 aromatic carbocycles. The van der Waals surface area contributed by atoms with Crippen LogP contribution in [0.4, 0.5) is 0 Å². The first kappa shape index (κ1) is 23.4. The molecule has 162 valence electrons. The second-order valence-electron chi connectivity index (χ2n) is 6.09. The first-order valence-corrected chi connectivity index (χ1v) is 10.2. The van der Waals surface area contributed by atoms with E-state index in [1.807, 2.05) is 0 Å². The van der Waals surface area contributed by atoms with Gasteiger partial charge in [0.05, 0.1) is 34.0 Å². The van der Waals surface area contributed by atoms with Crippen LogP contribution in [-0.4, -0.2) is 49.2 Å². The number of hydrogen-bond donors (Lipinski definition) is 2. The van der Waals surface area contributed by atoms with Crippen LogP contribution in [-0.2, 0) is 21.7 Å². The lowest BCUT2D eigenvalue weighted by molar-refractivity contribution is -0.147. The predicted octanol–water partition coefficient (Wildman–Crippen LogP) is 2.76. The zero-order valence-corrected chi connectivity index (χ0v) is 17.9. The Balaban J connectivity index is 2.26. The molecule has 30 heavy (non-hydrogen) atoms. The fraction of sp³-hybridized carbons (Fsp3) is 0.286. The molecular weight excluding hydrogens is 412 g/mol. The molecule has 0 heterocycles. The highest BCUT2D eigenvalue weighted by atomic mass is 32.2. The Morgan fingerprint density at radius 3 is 2.13 bits per heavy atom. The highest BCUT2D eigenvalue weighted by Crippen LogP contribution is 2.35. The monoisotopic (exact) mass is 436 g/mol. The number of hydrogen-bond acceptors (Lipinski definition) is 7. The van der Waals surface area contributed by atoms with E-state index < -0.39 is 23.2 Å². The van der Waals surface area contributed by atoms with Crippen LogP contribution >= 0.6 is 0 Å². The minimum absolute atomic E-state index is 0.0990. The molecule has 2 rings (SSSR count). The molecule has 0 saturated carbocycles. The van der Waals surface area contributed by atoms with Crippen molar-refractivity contribution in [3.05, 3.63) is 52.4 Å². The number of aliphatic carboxylic acids is 1. The Labute approximate surface area is 177 Å². The average Bonchev–Trinajstić information content (AvgIpc) is 2.76. The first-order valence-electron chi connectivity index (χ1n) is 8.77. The molecule has 0 fully saturated rings. The minimum Gasteiger partial charge on any atom is -0.612 e. The van der Waals surface area contributed by atoms with Crippen LogP contribution in [0.1, 0.15) is 22.8 Å². The van der Waals surface area contributed by atoms with Gasteiger partial charge in [0.15, 0.2) is 6.10 Å².